The zero-order chi connectivity index (χ0) is 17.6. The van der Waals surface area contributed by atoms with Gasteiger partial charge < -0.3 is 14.8 Å². The van der Waals surface area contributed by atoms with E-state index in [0.717, 1.165) is 31.6 Å². The molecule has 0 bridgehead atoms. The molecule has 132 valence electrons. The number of carbonyl (C=O) groups is 1. The number of piperidine rings is 1. The highest BCUT2D eigenvalue weighted by Crippen LogP contribution is 2.27. The van der Waals surface area contributed by atoms with Gasteiger partial charge in [0, 0.05) is 23.2 Å². The first-order valence-electron chi connectivity index (χ1n) is 8.33. The summed E-state index contributed by atoms with van der Waals surface area (Å²) in [6.45, 7) is 1.96. The molecular formula is C19H21FN2O3. The predicted molar refractivity (Wildman–Crippen MR) is 91.8 cm³/mol. The lowest BCUT2D eigenvalue weighted by Gasteiger charge is -2.22. The minimum atomic E-state index is -0.532. The van der Waals surface area contributed by atoms with Gasteiger partial charge in [-0.3, -0.25) is 4.79 Å². The second-order valence-electron chi connectivity index (χ2n) is 6.02. The molecular weight excluding hydrogens is 323 g/mol. The SMILES string of the molecule is COc1cc(C=O)cc(F)c1COc1cccc(C2CCNCC2)n1. The Hall–Kier alpha value is -2.47. The van der Waals surface area contributed by atoms with Gasteiger partial charge in [-0.25, -0.2) is 9.37 Å². The highest BCUT2D eigenvalue weighted by atomic mass is 19.1. The molecule has 0 amide bonds. The van der Waals surface area contributed by atoms with E-state index in [2.05, 4.69) is 10.3 Å². The summed E-state index contributed by atoms with van der Waals surface area (Å²) in [5, 5.41) is 3.33. The maximum atomic E-state index is 14.2. The van der Waals surface area contributed by atoms with Crippen LogP contribution in [0.5, 0.6) is 11.6 Å². The summed E-state index contributed by atoms with van der Waals surface area (Å²) in [7, 11) is 1.43. The first-order chi connectivity index (χ1) is 12.2. The summed E-state index contributed by atoms with van der Waals surface area (Å²) in [5.74, 6) is 0.632. The van der Waals surface area contributed by atoms with Gasteiger partial charge in [-0.05, 0) is 44.1 Å². The molecule has 1 aromatic carbocycles. The molecule has 0 spiro atoms. The second kappa shape index (κ2) is 8.07. The van der Waals surface area contributed by atoms with Crippen molar-refractivity contribution in [2.45, 2.75) is 25.4 Å². The van der Waals surface area contributed by atoms with Crippen molar-refractivity contribution in [2.24, 2.45) is 0 Å². The molecule has 5 nitrogen and oxygen atoms in total. The van der Waals surface area contributed by atoms with Gasteiger partial charge in [0.2, 0.25) is 5.88 Å². The first-order valence-corrected chi connectivity index (χ1v) is 8.33. The summed E-state index contributed by atoms with van der Waals surface area (Å²) in [6.07, 6.45) is 2.68. The van der Waals surface area contributed by atoms with E-state index in [-0.39, 0.29) is 23.5 Å². The molecule has 1 aromatic heterocycles. The highest BCUT2D eigenvalue weighted by Gasteiger charge is 2.17. The Balaban J connectivity index is 1.74. The monoisotopic (exact) mass is 344 g/mol. The van der Waals surface area contributed by atoms with Crippen LogP contribution >= 0.6 is 0 Å². The third-order valence-electron chi connectivity index (χ3n) is 4.40. The van der Waals surface area contributed by atoms with E-state index < -0.39 is 5.82 Å². The van der Waals surface area contributed by atoms with Crippen molar-refractivity contribution in [3.63, 3.8) is 0 Å². The summed E-state index contributed by atoms with van der Waals surface area (Å²) >= 11 is 0. The fourth-order valence-corrected chi connectivity index (χ4v) is 3.02. The number of carbonyl (C=O) groups excluding carboxylic acids is 1. The summed E-state index contributed by atoms with van der Waals surface area (Å²) < 4.78 is 25.1. The van der Waals surface area contributed by atoms with Crippen molar-refractivity contribution < 1.29 is 18.7 Å². The number of halogens is 1. The topological polar surface area (TPSA) is 60.5 Å². The molecule has 1 fully saturated rings. The van der Waals surface area contributed by atoms with Crippen LogP contribution in [0.3, 0.4) is 0 Å². The molecule has 1 N–H and O–H groups in total. The molecule has 1 aliphatic heterocycles. The standard InChI is InChI=1S/C19H21FN2O3/c1-24-18-10-13(11-23)9-16(20)15(18)12-25-19-4-2-3-17(22-19)14-5-7-21-8-6-14/h2-4,9-11,14,21H,5-8,12H2,1H3. The Morgan fingerprint density at radius 2 is 2.12 bits per heavy atom. The summed E-state index contributed by atoms with van der Waals surface area (Å²) in [4.78, 5) is 15.4. The zero-order valence-electron chi connectivity index (χ0n) is 14.1. The van der Waals surface area contributed by atoms with Gasteiger partial charge >= 0.3 is 0 Å². The van der Waals surface area contributed by atoms with Crippen LogP contribution in [0.4, 0.5) is 4.39 Å². The molecule has 0 radical (unpaired) electrons. The lowest BCUT2D eigenvalue weighted by Crippen LogP contribution is -2.27. The Labute approximate surface area is 146 Å². The molecule has 1 saturated heterocycles. The molecule has 0 unspecified atom stereocenters. The van der Waals surface area contributed by atoms with Crippen molar-refractivity contribution in [3.8, 4) is 11.6 Å². The molecule has 1 aliphatic rings. The average Bonchev–Trinajstić information content (AvgIpc) is 2.67. The van der Waals surface area contributed by atoms with Crippen LogP contribution < -0.4 is 14.8 Å². The highest BCUT2D eigenvalue weighted by molar-refractivity contribution is 5.76. The van der Waals surface area contributed by atoms with E-state index in [1.54, 1.807) is 6.07 Å². The van der Waals surface area contributed by atoms with Gasteiger partial charge in [0.25, 0.3) is 0 Å². The third kappa shape index (κ3) is 4.14. The molecule has 2 heterocycles. The molecule has 2 aromatic rings. The maximum absolute atomic E-state index is 14.2. The van der Waals surface area contributed by atoms with Crippen LogP contribution in [0.2, 0.25) is 0 Å². The van der Waals surface area contributed by atoms with Gasteiger partial charge in [0.1, 0.15) is 24.5 Å². The largest absolute Gasteiger partial charge is 0.496 e. The Morgan fingerprint density at radius 1 is 1.32 bits per heavy atom. The lowest BCUT2D eigenvalue weighted by molar-refractivity contribution is 0.112. The minimum Gasteiger partial charge on any atom is -0.496 e. The summed E-state index contributed by atoms with van der Waals surface area (Å²) in [6, 6.07) is 8.33. The molecule has 0 atom stereocenters. The minimum absolute atomic E-state index is 0.0170. The number of nitrogens with one attached hydrogen (secondary N) is 1. The number of pyridine rings is 1. The number of benzene rings is 1. The van der Waals surface area contributed by atoms with Gasteiger partial charge in [0.15, 0.2) is 0 Å². The number of aldehydes is 1. The van der Waals surface area contributed by atoms with E-state index in [1.165, 1.54) is 19.2 Å². The number of methoxy groups -OCH3 is 1. The van der Waals surface area contributed by atoms with E-state index in [9.17, 15) is 9.18 Å². The predicted octanol–water partition coefficient (Wildman–Crippen LogP) is 3.09. The Bertz CT molecular complexity index is 745. The quantitative estimate of drug-likeness (QED) is 0.816. The van der Waals surface area contributed by atoms with Crippen molar-refractivity contribution in [1.29, 1.82) is 0 Å². The van der Waals surface area contributed by atoms with Gasteiger partial charge in [-0.2, -0.15) is 0 Å². The van der Waals surface area contributed by atoms with Crippen molar-refractivity contribution in [3.05, 3.63) is 53.0 Å². The Morgan fingerprint density at radius 3 is 2.84 bits per heavy atom. The number of hydrogen-bond acceptors (Lipinski definition) is 5. The number of hydrogen-bond donors (Lipinski definition) is 1. The first kappa shape index (κ1) is 17.4. The van der Waals surface area contributed by atoms with Crippen LogP contribution in [0.1, 0.15) is 40.4 Å². The van der Waals surface area contributed by atoms with E-state index in [1.807, 2.05) is 12.1 Å². The van der Waals surface area contributed by atoms with Crippen molar-refractivity contribution in [1.82, 2.24) is 10.3 Å². The molecule has 3 rings (SSSR count). The lowest BCUT2D eigenvalue weighted by atomic mass is 9.94. The van der Waals surface area contributed by atoms with Crippen LogP contribution in [0, 0.1) is 5.82 Å². The fourth-order valence-electron chi connectivity index (χ4n) is 3.02. The number of rotatable bonds is 6. The van der Waals surface area contributed by atoms with Crippen LogP contribution in [0.25, 0.3) is 0 Å². The van der Waals surface area contributed by atoms with Gasteiger partial charge in [-0.15, -0.1) is 0 Å². The molecule has 6 heteroatoms. The van der Waals surface area contributed by atoms with Crippen molar-refractivity contribution >= 4 is 6.29 Å². The maximum Gasteiger partial charge on any atom is 0.213 e. The van der Waals surface area contributed by atoms with E-state index >= 15 is 0 Å². The van der Waals surface area contributed by atoms with Crippen molar-refractivity contribution in [2.75, 3.05) is 20.2 Å². The third-order valence-corrected chi connectivity index (χ3v) is 4.40. The van der Waals surface area contributed by atoms with E-state index in [4.69, 9.17) is 9.47 Å². The Kier molecular flexibility index (Phi) is 5.60. The van der Waals surface area contributed by atoms with Crippen LogP contribution in [-0.4, -0.2) is 31.5 Å². The van der Waals surface area contributed by atoms with Crippen LogP contribution in [0.15, 0.2) is 30.3 Å². The van der Waals surface area contributed by atoms with Gasteiger partial charge in [0.05, 0.1) is 12.7 Å². The molecule has 0 saturated carbocycles. The van der Waals surface area contributed by atoms with Crippen LogP contribution in [-0.2, 0) is 6.61 Å². The number of nitrogens with zero attached hydrogens (tertiary/aromatic N) is 1. The number of ether oxygens (including phenoxy) is 2. The number of aromatic nitrogens is 1. The fraction of sp³-hybridized carbons (Fsp3) is 0.368. The molecule has 25 heavy (non-hydrogen) atoms. The zero-order valence-corrected chi connectivity index (χ0v) is 14.1. The smallest absolute Gasteiger partial charge is 0.213 e. The average molecular weight is 344 g/mol. The summed E-state index contributed by atoms with van der Waals surface area (Å²) in [5.41, 5.74) is 1.49. The van der Waals surface area contributed by atoms with Gasteiger partial charge in [-0.1, -0.05) is 6.07 Å². The normalized spacial score (nSPS) is 15.0. The second-order valence-corrected chi connectivity index (χ2v) is 6.02. The van der Waals surface area contributed by atoms with E-state index in [0.29, 0.717) is 18.1 Å². The molecule has 0 aliphatic carbocycles.